The van der Waals surface area contributed by atoms with E-state index in [1.54, 1.807) is 26.0 Å². The Labute approximate surface area is 164 Å². The number of halogens is 1. The van der Waals surface area contributed by atoms with Crippen molar-refractivity contribution in [3.05, 3.63) is 35.9 Å². The lowest BCUT2D eigenvalue weighted by Crippen LogP contribution is -2.25. The van der Waals surface area contributed by atoms with E-state index in [1.165, 1.54) is 0 Å². The number of rotatable bonds is 13. The van der Waals surface area contributed by atoms with E-state index in [4.69, 9.17) is 0 Å². The van der Waals surface area contributed by atoms with Crippen molar-refractivity contribution < 1.29 is 12.8 Å². The number of nitrogens with one attached hydrogen (secondary N) is 1. The van der Waals surface area contributed by atoms with Gasteiger partial charge in [-0.3, -0.25) is 4.72 Å². The minimum Gasteiger partial charge on any atom is -0.303 e. The Morgan fingerprint density at radius 3 is 2.33 bits per heavy atom. The molecule has 4 nitrogen and oxygen atoms in total. The molecule has 0 saturated heterocycles. The molecule has 0 bridgehead atoms. The normalized spacial score (nSPS) is 12.8. The van der Waals surface area contributed by atoms with Crippen molar-refractivity contribution in [3.63, 3.8) is 0 Å². The Balaban J connectivity index is 2.29. The van der Waals surface area contributed by atoms with Gasteiger partial charge in [0.05, 0.1) is 6.26 Å². The molecular formula is C21H35FN2O2S. The Bertz CT molecular complexity index is 664. The van der Waals surface area contributed by atoms with Gasteiger partial charge in [0.25, 0.3) is 0 Å². The van der Waals surface area contributed by atoms with Crippen LogP contribution in [0.2, 0.25) is 0 Å². The van der Waals surface area contributed by atoms with Crippen LogP contribution in [0.3, 0.4) is 0 Å². The first-order valence-electron chi connectivity index (χ1n) is 9.75. The fourth-order valence-corrected chi connectivity index (χ4v) is 3.40. The summed E-state index contributed by atoms with van der Waals surface area (Å²) in [5.41, 5.74) is 0.572. The molecule has 0 amide bonds. The maximum absolute atomic E-state index is 13.4. The van der Waals surface area contributed by atoms with Crippen molar-refractivity contribution in [2.24, 2.45) is 0 Å². The van der Waals surface area contributed by atoms with Gasteiger partial charge in [0, 0.05) is 12.2 Å². The van der Waals surface area contributed by atoms with Gasteiger partial charge in [-0.2, -0.15) is 0 Å². The van der Waals surface area contributed by atoms with E-state index in [-0.39, 0.29) is 0 Å². The third-order valence-corrected chi connectivity index (χ3v) is 4.94. The molecule has 0 aliphatic rings. The first kappa shape index (κ1) is 23.6. The lowest BCUT2D eigenvalue weighted by molar-refractivity contribution is 0.193. The molecular weight excluding hydrogens is 363 g/mol. The third-order valence-electron chi connectivity index (χ3n) is 4.33. The van der Waals surface area contributed by atoms with E-state index in [1.807, 2.05) is 12.1 Å². The zero-order valence-corrected chi connectivity index (χ0v) is 18.0. The second kappa shape index (κ2) is 11.4. The van der Waals surface area contributed by atoms with Gasteiger partial charge in [-0.1, -0.05) is 44.1 Å². The SMILES string of the molecule is CCN(CCC=Cc1ccc(NS(C)(=O)=O)cc1)CCCCCC(C)(C)F. The number of hydrogen-bond acceptors (Lipinski definition) is 3. The van der Waals surface area contributed by atoms with Gasteiger partial charge in [0.2, 0.25) is 10.0 Å². The van der Waals surface area contributed by atoms with Gasteiger partial charge in [0.15, 0.2) is 0 Å². The molecule has 0 spiro atoms. The molecule has 1 aromatic carbocycles. The zero-order valence-electron chi connectivity index (χ0n) is 17.2. The molecule has 0 saturated carbocycles. The molecule has 0 aromatic heterocycles. The summed E-state index contributed by atoms with van der Waals surface area (Å²) in [5, 5.41) is 0. The van der Waals surface area contributed by atoms with Crippen molar-refractivity contribution in [3.8, 4) is 0 Å². The van der Waals surface area contributed by atoms with Crippen LogP contribution < -0.4 is 4.72 Å². The maximum atomic E-state index is 13.4. The highest BCUT2D eigenvalue weighted by atomic mass is 32.2. The molecule has 0 unspecified atom stereocenters. The van der Waals surface area contributed by atoms with Crippen LogP contribution in [0, 0.1) is 0 Å². The van der Waals surface area contributed by atoms with Gasteiger partial charge in [-0.25, -0.2) is 12.8 Å². The summed E-state index contributed by atoms with van der Waals surface area (Å²) >= 11 is 0. The number of sulfonamides is 1. The molecule has 0 aliphatic carbocycles. The molecule has 0 radical (unpaired) electrons. The van der Waals surface area contributed by atoms with Crippen LogP contribution >= 0.6 is 0 Å². The Morgan fingerprint density at radius 2 is 1.78 bits per heavy atom. The second-order valence-electron chi connectivity index (χ2n) is 7.65. The van der Waals surface area contributed by atoms with Gasteiger partial charge in [-0.15, -0.1) is 0 Å². The summed E-state index contributed by atoms with van der Waals surface area (Å²) in [4.78, 5) is 2.42. The van der Waals surface area contributed by atoms with E-state index < -0.39 is 15.7 Å². The van der Waals surface area contributed by atoms with E-state index in [9.17, 15) is 12.8 Å². The summed E-state index contributed by atoms with van der Waals surface area (Å²) in [6.45, 7) is 8.55. The lowest BCUT2D eigenvalue weighted by atomic mass is 10.0. The van der Waals surface area contributed by atoms with Crippen LogP contribution in [0.4, 0.5) is 10.1 Å². The van der Waals surface area contributed by atoms with E-state index >= 15 is 0 Å². The van der Waals surface area contributed by atoms with Crippen LogP contribution in [0.25, 0.3) is 6.08 Å². The molecule has 0 atom stereocenters. The topological polar surface area (TPSA) is 49.4 Å². The number of unbranched alkanes of at least 4 members (excludes halogenated alkanes) is 2. The van der Waals surface area contributed by atoms with Crippen molar-refractivity contribution in [2.75, 3.05) is 30.6 Å². The average molecular weight is 399 g/mol. The first-order chi connectivity index (χ1) is 12.6. The fourth-order valence-electron chi connectivity index (χ4n) is 2.84. The van der Waals surface area contributed by atoms with E-state index in [2.05, 4.69) is 28.7 Å². The standard InChI is InChI=1S/C21H35FN2O2S/c1-5-24(17-9-6-8-16-21(2,3)22)18-10-7-11-19-12-14-20(15-13-19)23-27(4,25)26/h7,11-15,23H,5-6,8-10,16-18H2,1-4H3. The lowest BCUT2D eigenvalue weighted by Gasteiger charge is -2.20. The van der Waals surface area contributed by atoms with E-state index in [0.29, 0.717) is 12.1 Å². The largest absolute Gasteiger partial charge is 0.303 e. The van der Waals surface area contributed by atoms with Gasteiger partial charge < -0.3 is 4.90 Å². The van der Waals surface area contributed by atoms with Crippen LogP contribution in [0.5, 0.6) is 0 Å². The molecule has 1 N–H and O–H groups in total. The number of anilines is 1. The van der Waals surface area contributed by atoms with Crippen LogP contribution in [0.15, 0.2) is 30.3 Å². The summed E-state index contributed by atoms with van der Waals surface area (Å²) in [7, 11) is -3.23. The van der Waals surface area contributed by atoms with Crippen LogP contribution in [-0.2, 0) is 10.0 Å². The maximum Gasteiger partial charge on any atom is 0.229 e. The average Bonchev–Trinajstić information content (AvgIpc) is 2.55. The highest BCUT2D eigenvalue weighted by molar-refractivity contribution is 7.92. The van der Waals surface area contributed by atoms with Gasteiger partial charge in [-0.05, 0) is 63.9 Å². The number of nitrogens with zero attached hydrogens (tertiary/aromatic N) is 1. The van der Waals surface area contributed by atoms with Crippen LogP contribution in [-0.4, -0.2) is 44.9 Å². The molecule has 27 heavy (non-hydrogen) atoms. The fraction of sp³-hybridized carbons (Fsp3) is 0.619. The minimum atomic E-state index is -3.23. The molecule has 0 aliphatic heterocycles. The third kappa shape index (κ3) is 12.6. The van der Waals surface area contributed by atoms with Crippen LogP contribution in [0.1, 0.15) is 58.4 Å². The minimum absolute atomic E-state index is 0.572. The summed E-state index contributed by atoms with van der Waals surface area (Å²) < 4.78 is 38.3. The Morgan fingerprint density at radius 1 is 1.11 bits per heavy atom. The first-order valence-corrected chi connectivity index (χ1v) is 11.6. The number of alkyl halides is 1. The molecule has 0 fully saturated rings. The van der Waals surface area contributed by atoms with Crippen molar-refractivity contribution >= 4 is 21.8 Å². The summed E-state index contributed by atoms with van der Waals surface area (Å²) in [6.07, 6.45) is 10.1. The second-order valence-corrected chi connectivity index (χ2v) is 9.40. The molecule has 6 heteroatoms. The number of benzene rings is 1. The smallest absolute Gasteiger partial charge is 0.229 e. The molecule has 1 rings (SSSR count). The highest BCUT2D eigenvalue weighted by Crippen LogP contribution is 2.18. The predicted molar refractivity (Wildman–Crippen MR) is 114 cm³/mol. The van der Waals surface area contributed by atoms with Crippen molar-refractivity contribution in [1.29, 1.82) is 0 Å². The van der Waals surface area contributed by atoms with Crippen molar-refractivity contribution in [2.45, 2.75) is 58.5 Å². The summed E-state index contributed by atoms with van der Waals surface area (Å²) in [5.74, 6) is 0. The summed E-state index contributed by atoms with van der Waals surface area (Å²) in [6, 6.07) is 7.32. The monoisotopic (exact) mass is 398 g/mol. The van der Waals surface area contributed by atoms with E-state index in [0.717, 1.165) is 57.1 Å². The van der Waals surface area contributed by atoms with Crippen molar-refractivity contribution in [1.82, 2.24) is 4.90 Å². The molecule has 154 valence electrons. The highest BCUT2D eigenvalue weighted by Gasteiger charge is 2.14. The quantitative estimate of drug-likeness (QED) is 0.471. The molecule has 1 aromatic rings. The Kier molecular flexibility index (Phi) is 10.0. The molecule has 0 heterocycles. The van der Waals surface area contributed by atoms with Gasteiger partial charge >= 0.3 is 0 Å². The predicted octanol–water partition coefficient (Wildman–Crippen LogP) is 5.09. The number of hydrogen-bond donors (Lipinski definition) is 1. The zero-order chi connectivity index (χ0) is 20.3. The Hall–Kier alpha value is -1.40. The van der Waals surface area contributed by atoms with Gasteiger partial charge in [0.1, 0.15) is 5.67 Å².